The van der Waals surface area contributed by atoms with Crippen LogP contribution in [0, 0.1) is 0 Å². The number of rotatable bonds is 8. The van der Waals surface area contributed by atoms with Crippen molar-refractivity contribution in [3.05, 3.63) is 23.0 Å². The molecule has 0 heterocycles. The van der Waals surface area contributed by atoms with Gasteiger partial charge in [-0.2, -0.15) is 0 Å². The minimum absolute atomic E-state index is 0.234. The highest BCUT2D eigenvalue weighted by atomic mass is 16.5. The number of carbonyl (C=O) groups is 1. The fourth-order valence-electron chi connectivity index (χ4n) is 2.08. The fourth-order valence-corrected chi connectivity index (χ4v) is 2.08. The van der Waals surface area contributed by atoms with E-state index in [9.17, 15) is 4.79 Å². The number of hydrogen-bond acceptors (Lipinski definition) is 3. The number of unbranched alkanes of at least 4 members (excludes halogenated alkanes) is 2. The van der Waals surface area contributed by atoms with Crippen LogP contribution in [0.15, 0.2) is 23.0 Å². The Hall–Kier alpha value is -1.25. The molecule has 0 unspecified atom stereocenters. The maximum Gasteiger partial charge on any atom is 0.338 e. The van der Waals surface area contributed by atoms with E-state index in [-0.39, 0.29) is 5.97 Å². The summed E-state index contributed by atoms with van der Waals surface area (Å²) in [5.74, 6) is 0.477. The molecule has 0 saturated heterocycles. The Balaban J connectivity index is 2.61. The molecule has 0 N–H and O–H groups in total. The molecule has 0 radical (unpaired) electrons. The number of esters is 1. The Morgan fingerprint density at radius 1 is 1.22 bits per heavy atom. The lowest BCUT2D eigenvalue weighted by molar-refractivity contribution is -0.138. The maximum atomic E-state index is 11.8. The van der Waals surface area contributed by atoms with Crippen LogP contribution in [-0.2, 0) is 14.3 Å². The largest absolute Gasteiger partial charge is 0.493 e. The quantitative estimate of drug-likeness (QED) is 0.487. The van der Waals surface area contributed by atoms with E-state index < -0.39 is 0 Å². The standard InChI is InChI=1S/C15H24O3/c1-4-7-8-9-12-10-13(15(16)18-6-3)14(11-12)17-5-2/h11H,4-10H2,1-3H3. The van der Waals surface area contributed by atoms with Crippen molar-refractivity contribution in [2.24, 2.45) is 0 Å². The van der Waals surface area contributed by atoms with Crippen molar-refractivity contribution >= 4 is 5.97 Å². The zero-order chi connectivity index (χ0) is 13.4. The Morgan fingerprint density at radius 3 is 2.61 bits per heavy atom. The Labute approximate surface area is 110 Å². The second kappa shape index (κ2) is 7.96. The van der Waals surface area contributed by atoms with Crippen molar-refractivity contribution in [2.45, 2.75) is 52.9 Å². The first kappa shape index (κ1) is 14.8. The summed E-state index contributed by atoms with van der Waals surface area (Å²) in [5.41, 5.74) is 1.97. The van der Waals surface area contributed by atoms with Crippen LogP contribution in [0.2, 0.25) is 0 Å². The van der Waals surface area contributed by atoms with Crippen LogP contribution in [0.5, 0.6) is 0 Å². The van der Waals surface area contributed by atoms with Crippen molar-refractivity contribution in [3.63, 3.8) is 0 Å². The van der Waals surface area contributed by atoms with Crippen molar-refractivity contribution in [3.8, 4) is 0 Å². The third-order valence-corrected chi connectivity index (χ3v) is 2.96. The third kappa shape index (κ3) is 4.21. The van der Waals surface area contributed by atoms with Crippen molar-refractivity contribution in [1.82, 2.24) is 0 Å². The van der Waals surface area contributed by atoms with E-state index >= 15 is 0 Å². The van der Waals surface area contributed by atoms with Crippen LogP contribution < -0.4 is 0 Å². The second-order valence-corrected chi connectivity index (χ2v) is 4.43. The van der Waals surface area contributed by atoms with Gasteiger partial charge in [-0.3, -0.25) is 0 Å². The van der Waals surface area contributed by atoms with E-state index in [1.165, 1.54) is 24.8 Å². The van der Waals surface area contributed by atoms with E-state index in [1.807, 2.05) is 19.9 Å². The molecule has 0 bridgehead atoms. The highest BCUT2D eigenvalue weighted by molar-refractivity contribution is 5.91. The predicted molar refractivity (Wildman–Crippen MR) is 72.1 cm³/mol. The molecule has 0 fully saturated rings. The molecule has 0 atom stereocenters. The summed E-state index contributed by atoms with van der Waals surface area (Å²) in [6.07, 6.45) is 7.38. The lowest BCUT2D eigenvalue weighted by atomic mass is 10.0. The zero-order valence-electron chi connectivity index (χ0n) is 11.8. The minimum atomic E-state index is -0.234. The number of carbonyl (C=O) groups excluding carboxylic acids is 1. The summed E-state index contributed by atoms with van der Waals surface area (Å²) in [7, 11) is 0. The maximum absolute atomic E-state index is 11.8. The SMILES string of the molecule is CCCCCC1=CC(OCC)=C(C(=O)OCC)C1. The van der Waals surface area contributed by atoms with Crippen LogP contribution in [0.1, 0.15) is 52.9 Å². The molecule has 0 aliphatic heterocycles. The van der Waals surface area contributed by atoms with Crippen LogP contribution in [0.3, 0.4) is 0 Å². The normalized spacial score (nSPS) is 14.7. The van der Waals surface area contributed by atoms with Gasteiger partial charge in [0.2, 0.25) is 0 Å². The molecule has 0 amide bonds. The average Bonchev–Trinajstić information content (AvgIpc) is 2.74. The Kier molecular flexibility index (Phi) is 6.55. The Morgan fingerprint density at radius 2 is 2.00 bits per heavy atom. The van der Waals surface area contributed by atoms with Gasteiger partial charge in [-0.25, -0.2) is 4.79 Å². The monoisotopic (exact) mass is 252 g/mol. The molecule has 0 aromatic heterocycles. The molecule has 1 aliphatic carbocycles. The van der Waals surface area contributed by atoms with E-state index in [1.54, 1.807) is 0 Å². The van der Waals surface area contributed by atoms with Crippen molar-refractivity contribution in [2.75, 3.05) is 13.2 Å². The predicted octanol–water partition coefficient (Wildman–Crippen LogP) is 3.75. The first-order valence-electron chi connectivity index (χ1n) is 6.95. The number of allylic oxidation sites excluding steroid dienone is 2. The molecular weight excluding hydrogens is 228 g/mol. The molecule has 0 aromatic rings. The zero-order valence-corrected chi connectivity index (χ0v) is 11.8. The van der Waals surface area contributed by atoms with Gasteiger partial charge in [0, 0.05) is 6.42 Å². The highest BCUT2D eigenvalue weighted by Crippen LogP contribution is 2.30. The molecule has 3 heteroatoms. The minimum Gasteiger partial charge on any atom is -0.493 e. The molecule has 0 saturated carbocycles. The van der Waals surface area contributed by atoms with Crippen molar-refractivity contribution < 1.29 is 14.3 Å². The number of ether oxygens (including phenoxy) is 2. The molecule has 0 aromatic carbocycles. The van der Waals surface area contributed by atoms with Crippen LogP contribution in [0.4, 0.5) is 0 Å². The van der Waals surface area contributed by atoms with E-state index in [4.69, 9.17) is 9.47 Å². The Bertz CT molecular complexity index is 340. The summed E-state index contributed by atoms with van der Waals surface area (Å²) in [5, 5.41) is 0. The highest BCUT2D eigenvalue weighted by Gasteiger charge is 2.23. The van der Waals surface area contributed by atoms with E-state index in [2.05, 4.69) is 6.92 Å². The van der Waals surface area contributed by atoms with Gasteiger partial charge in [0.25, 0.3) is 0 Å². The molecule has 1 aliphatic rings. The molecular formula is C15H24O3. The molecule has 0 spiro atoms. The summed E-state index contributed by atoms with van der Waals surface area (Å²) in [4.78, 5) is 11.8. The summed E-state index contributed by atoms with van der Waals surface area (Å²) >= 11 is 0. The van der Waals surface area contributed by atoms with Gasteiger partial charge in [0.15, 0.2) is 0 Å². The van der Waals surface area contributed by atoms with Gasteiger partial charge in [-0.05, 0) is 32.8 Å². The van der Waals surface area contributed by atoms with E-state index in [0.717, 1.165) is 6.42 Å². The molecule has 1 rings (SSSR count). The van der Waals surface area contributed by atoms with Crippen LogP contribution in [-0.4, -0.2) is 19.2 Å². The smallest absolute Gasteiger partial charge is 0.338 e. The van der Waals surface area contributed by atoms with Gasteiger partial charge in [-0.1, -0.05) is 25.3 Å². The van der Waals surface area contributed by atoms with Gasteiger partial charge in [-0.15, -0.1) is 0 Å². The lowest BCUT2D eigenvalue weighted by Crippen LogP contribution is -2.09. The fraction of sp³-hybridized carbons (Fsp3) is 0.667. The summed E-state index contributed by atoms with van der Waals surface area (Å²) in [6.45, 7) is 6.93. The molecule has 18 heavy (non-hydrogen) atoms. The topological polar surface area (TPSA) is 35.5 Å². The van der Waals surface area contributed by atoms with Crippen LogP contribution >= 0.6 is 0 Å². The van der Waals surface area contributed by atoms with Gasteiger partial charge in [0.05, 0.1) is 18.8 Å². The number of hydrogen-bond donors (Lipinski definition) is 0. The van der Waals surface area contributed by atoms with Gasteiger partial charge in [0.1, 0.15) is 5.76 Å². The van der Waals surface area contributed by atoms with Crippen LogP contribution in [0.25, 0.3) is 0 Å². The first-order chi connectivity index (χ1) is 8.72. The van der Waals surface area contributed by atoms with E-state index in [0.29, 0.717) is 31.0 Å². The second-order valence-electron chi connectivity index (χ2n) is 4.43. The lowest BCUT2D eigenvalue weighted by Gasteiger charge is -2.07. The summed E-state index contributed by atoms with van der Waals surface area (Å²) < 4.78 is 10.6. The third-order valence-electron chi connectivity index (χ3n) is 2.96. The molecule has 102 valence electrons. The van der Waals surface area contributed by atoms with Gasteiger partial charge < -0.3 is 9.47 Å². The molecule has 3 nitrogen and oxygen atoms in total. The van der Waals surface area contributed by atoms with Crippen molar-refractivity contribution in [1.29, 1.82) is 0 Å². The average molecular weight is 252 g/mol. The summed E-state index contributed by atoms with van der Waals surface area (Å²) in [6, 6.07) is 0. The first-order valence-corrected chi connectivity index (χ1v) is 6.95. The van der Waals surface area contributed by atoms with Gasteiger partial charge >= 0.3 is 5.97 Å².